The van der Waals surface area contributed by atoms with Crippen molar-refractivity contribution in [1.29, 1.82) is 0 Å². The minimum Gasteiger partial charge on any atom is -0.490 e. The van der Waals surface area contributed by atoms with E-state index in [0.29, 0.717) is 16.6 Å². The summed E-state index contributed by atoms with van der Waals surface area (Å²) in [6, 6.07) is 9.66. The zero-order valence-electron chi connectivity index (χ0n) is 17.9. The van der Waals surface area contributed by atoms with Crippen molar-refractivity contribution in [3.05, 3.63) is 53.5 Å². The summed E-state index contributed by atoms with van der Waals surface area (Å²) >= 11 is 5.82. The van der Waals surface area contributed by atoms with Gasteiger partial charge in [0.05, 0.1) is 18.9 Å². The number of hydrogen-bond donors (Lipinski definition) is 0. The Balaban J connectivity index is 1.43. The lowest BCUT2D eigenvalue weighted by Gasteiger charge is -2.43. The zero-order valence-corrected chi connectivity index (χ0v) is 18.7. The molecule has 3 aliphatic rings. The van der Waals surface area contributed by atoms with Crippen molar-refractivity contribution in [3.63, 3.8) is 0 Å². The number of anilines is 2. The molecule has 1 aromatic heterocycles. The summed E-state index contributed by atoms with van der Waals surface area (Å²) in [7, 11) is 0. The Morgan fingerprint density at radius 1 is 1.22 bits per heavy atom. The van der Waals surface area contributed by atoms with E-state index in [1.54, 1.807) is 11.1 Å². The Bertz CT molecular complexity index is 1100. The van der Waals surface area contributed by atoms with E-state index in [0.717, 1.165) is 62.3 Å². The van der Waals surface area contributed by atoms with Gasteiger partial charge in [-0.3, -0.25) is 9.69 Å². The number of aryl methyl sites for hydroxylation is 1. The molecule has 5 rings (SSSR count). The normalized spacial score (nSPS) is 20.4. The number of benzene rings is 1. The van der Waals surface area contributed by atoms with Crippen LogP contribution in [0.15, 0.2) is 36.5 Å². The van der Waals surface area contributed by atoms with Crippen molar-refractivity contribution < 1.29 is 14.3 Å². The molecule has 1 aliphatic carbocycles. The molecule has 0 atom stereocenters. The fourth-order valence-electron chi connectivity index (χ4n) is 4.66. The molecule has 2 aromatic rings. The van der Waals surface area contributed by atoms with Crippen molar-refractivity contribution in [1.82, 2.24) is 4.98 Å². The predicted molar refractivity (Wildman–Crippen MR) is 125 cm³/mol. The molecule has 2 aliphatic heterocycles. The maximum Gasteiger partial charge on any atom is 0.272 e. The second-order valence-corrected chi connectivity index (χ2v) is 8.88. The summed E-state index contributed by atoms with van der Waals surface area (Å²) in [5.74, 6) is 1.13. The highest BCUT2D eigenvalue weighted by Crippen LogP contribution is 2.48. The van der Waals surface area contributed by atoms with Crippen molar-refractivity contribution in [2.75, 3.05) is 23.0 Å². The smallest absolute Gasteiger partial charge is 0.272 e. The standard InChI is InChI=1S/C24H24N4O3S/c1-16-14-18(15-26-21(16)25-2)27-22(29)24(10-3-11-24)28(23(27)32)17-4-6-19(7-5-17)31-20-8-12-30-13-9-20/h4-7,14-15,20H,3,8-13H2,1H3. The highest BCUT2D eigenvalue weighted by atomic mass is 32.1. The summed E-state index contributed by atoms with van der Waals surface area (Å²) in [5.41, 5.74) is 1.57. The van der Waals surface area contributed by atoms with E-state index < -0.39 is 5.54 Å². The highest BCUT2D eigenvalue weighted by Gasteiger charge is 2.59. The lowest BCUT2D eigenvalue weighted by atomic mass is 9.75. The molecular weight excluding hydrogens is 424 g/mol. The minimum absolute atomic E-state index is 0.0203. The Labute approximate surface area is 192 Å². The second-order valence-electron chi connectivity index (χ2n) is 8.51. The molecule has 164 valence electrons. The van der Waals surface area contributed by atoms with E-state index in [2.05, 4.69) is 9.83 Å². The molecule has 1 saturated carbocycles. The van der Waals surface area contributed by atoms with Crippen molar-refractivity contribution in [2.24, 2.45) is 0 Å². The van der Waals surface area contributed by atoms with E-state index in [1.807, 2.05) is 42.2 Å². The maximum atomic E-state index is 13.6. The van der Waals surface area contributed by atoms with Gasteiger partial charge in [0.1, 0.15) is 23.6 Å². The molecule has 1 aromatic carbocycles. The number of amides is 1. The number of nitrogens with zero attached hydrogens (tertiary/aromatic N) is 4. The van der Waals surface area contributed by atoms with Gasteiger partial charge in [-0.15, -0.1) is 4.98 Å². The minimum atomic E-state index is -0.646. The van der Waals surface area contributed by atoms with Crippen LogP contribution in [0.4, 0.5) is 17.2 Å². The fraction of sp³-hybridized carbons (Fsp3) is 0.417. The summed E-state index contributed by atoms with van der Waals surface area (Å²) in [4.78, 5) is 24.8. The van der Waals surface area contributed by atoms with Crippen LogP contribution in [-0.2, 0) is 9.53 Å². The molecular formula is C24H24N4O3S. The van der Waals surface area contributed by atoms with Crippen LogP contribution in [0.5, 0.6) is 5.75 Å². The molecule has 7 nitrogen and oxygen atoms in total. The van der Waals surface area contributed by atoms with Gasteiger partial charge in [0, 0.05) is 18.5 Å². The quantitative estimate of drug-likeness (QED) is 0.505. The first kappa shape index (κ1) is 20.9. The van der Waals surface area contributed by atoms with Crippen LogP contribution in [0, 0.1) is 13.5 Å². The third-order valence-corrected chi connectivity index (χ3v) is 6.92. The third-order valence-electron chi connectivity index (χ3n) is 6.56. The number of ether oxygens (including phenoxy) is 2. The van der Waals surface area contributed by atoms with Gasteiger partial charge in [-0.1, -0.05) is 6.57 Å². The first-order valence-corrected chi connectivity index (χ1v) is 11.3. The summed E-state index contributed by atoms with van der Waals surface area (Å²) in [6.45, 7) is 10.5. The van der Waals surface area contributed by atoms with E-state index in [1.165, 1.54) is 0 Å². The first-order chi connectivity index (χ1) is 15.5. The van der Waals surface area contributed by atoms with Crippen LogP contribution in [0.1, 0.15) is 37.7 Å². The van der Waals surface area contributed by atoms with Crippen LogP contribution in [0.25, 0.3) is 4.85 Å². The zero-order chi connectivity index (χ0) is 22.3. The Morgan fingerprint density at radius 3 is 2.53 bits per heavy atom. The van der Waals surface area contributed by atoms with Crippen molar-refractivity contribution in [3.8, 4) is 5.75 Å². The Kier molecular flexibility index (Phi) is 5.31. The molecule has 8 heteroatoms. The average Bonchev–Trinajstić information content (AvgIpc) is 3.02. The van der Waals surface area contributed by atoms with E-state index in [4.69, 9.17) is 28.3 Å². The first-order valence-electron chi connectivity index (χ1n) is 10.9. The van der Waals surface area contributed by atoms with Crippen LogP contribution >= 0.6 is 12.2 Å². The van der Waals surface area contributed by atoms with Gasteiger partial charge in [-0.25, -0.2) is 0 Å². The molecule has 32 heavy (non-hydrogen) atoms. The number of thiocarbonyl (C=S) groups is 1. The summed E-state index contributed by atoms with van der Waals surface area (Å²) in [6.07, 6.45) is 6.02. The van der Waals surface area contributed by atoms with Crippen LogP contribution in [0.3, 0.4) is 0 Å². The predicted octanol–water partition coefficient (Wildman–Crippen LogP) is 4.56. The monoisotopic (exact) mass is 448 g/mol. The van der Waals surface area contributed by atoms with Gasteiger partial charge in [-0.2, -0.15) is 0 Å². The van der Waals surface area contributed by atoms with Crippen molar-refractivity contribution in [2.45, 2.75) is 50.7 Å². The van der Waals surface area contributed by atoms with Gasteiger partial charge in [0.25, 0.3) is 11.7 Å². The average molecular weight is 449 g/mol. The fourth-order valence-corrected chi connectivity index (χ4v) is 5.13. The highest BCUT2D eigenvalue weighted by molar-refractivity contribution is 7.81. The summed E-state index contributed by atoms with van der Waals surface area (Å²) in [5, 5.41) is 0.449. The molecule has 0 bridgehead atoms. The molecule has 3 fully saturated rings. The number of carbonyl (C=O) groups excluding carboxylic acids is 1. The molecule has 1 amide bonds. The van der Waals surface area contributed by atoms with Crippen LogP contribution < -0.4 is 14.5 Å². The van der Waals surface area contributed by atoms with Gasteiger partial charge >= 0.3 is 0 Å². The molecule has 1 spiro atoms. The number of carbonyl (C=O) groups is 1. The largest absolute Gasteiger partial charge is 0.490 e. The number of rotatable bonds is 4. The van der Waals surface area contributed by atoms with E-state index >= 15 is 0 Å². The lowest BCUT2D eigenvalue weighted by Crippen LogP contribution is -2.55. The Hall–Kier alpha value is -3.02. The molecule has 0 unspecified atom stereocenters. The molecule has 0 N–H and O–H groups in total. The second kappa shape index (κ2) is 8.15. The van der Waals surface area contributed by atoms with Crippen LogP contribution in [0.2, 0.25) is 0 Å². The maximum absolute atomic E-state index is 13.6. The van der Waals surface area contributed by atoms with E-state index in [-0.39, 0.29) is 12.0 Å². The van der Waals surface area contributed by atoms with Crippen molar-refractivity contribution >= 4 is 40.4 Å². The number of aromatic nitrogens is 1. The van der Waals surface area contributed by atoms with Gasteiger partial charge in [0.15, 0.2) is 5.11 Å². The van der Waals surface area contributed by atoms with Gasteiger partial charge in [0.2, 0.25) is 0 Å². The van der Waals surface area contributed by atoms with Crippen LogP contribution in [-0.4, -0.2) is 40.9 Å². The van der Waals surface area contributed by atoms with Gasteiger partial charge in [-0.05, 0) is 74.3 Å². The molecule has 3 heterocycles. The molecule has 0 radical (unpaired) electrons. The topological polar surface area (TPSA) is 59.3 Å². The number of hydrogen-bond acceptors (Lipinski definition) is 5. The molecule has 2 saturated heterocycles. The Morgan fingerprint density at radius 2 is 1.94 bits per heavy atom. The summed E-state index contributed by atoms with van der Waals surface area (Å²) < 4.78 is 11.5. The van der Waals surface area contributed by atoms with Gasteiger partial charge < -0.3 is 19.2 Å². The third kappa shape index (κ3) is 3.33. The lowest BCUT2D eigenvalue weighted by molar-refractivity contribution is -0.123. The SMILES string of the molecule is [C-]#[N+]c1ncc(N2C(=O)C3(CCC3)N(c3ccc(OC4CCOCC4)cc3)C2=S)cc1C. The van der Waals surface area contributed by atoms with E-state index in [9.17, 15) is 4.79 Å². The number of pyridine rings is 1.